The molecule has 0 saturated heterocycles. The molecule has 0 aliphatic heterocycles. The van der Waals surface area contributed by atoms with Crippen molar-refractivity contribution in [2.45, 2.75) is 19.4 Å². The van der Waals surface area contributed by atoms with E-state index in [1.165, 1.54) is 7.11 Å². The van der Waals surface area contributed by atoms with E-state index in [1.54, 1.807) is 49.6 Å². The molecule has 0 aromatic heterocycles. The van der Waals surface area contributed by atoms with Crippen molar-refractivity contribution >= 4 is 11.6 Å². The average Bonchev–Trinajstić information content (AvgIpc) is 2.66. The number of anilines is 1. The van der Waals surface area contributed by atoms with Crippen LogP contribution < -0.4 is 19.5 Å². The van der Waals surface area contributed by atoms with Crippen LogP contribution in [-0.2, 0) is 4.79 Å². The zero-order valence-corrected chi connectivity index (χ0v) is 14.6. The summed E-state index contributed by atoms with van der Waals surface area (Å²) >= 11 is 0. The number of carbonyl (C=O) groups is 1. The van der Waals surface area contributed by atoms with Gasteiger partial charge in [-0.15, -0.1) is 0 Å². The number of aliphatic hydroxyl groups is 1. The molecule has 0 bridgehead atoms. The van der Waals surface area contributed by atoms with Crippen LogP contribution in [-0.4, -0.2) is 31.8 Å². The zero-order chi connectivity index (χ0) is 18.2. The Kier molecular flexibility index (Phi) is 6.65. The molecule has 6 heteroatoms. The second kappa shape index (κ2) is 8.94. The van der Waals surface area contributed by atoms with Gasteiger partial charge in [0.2, 0.25) is 0 Å². The summed E-state index contributed by atoms with van der Waals surface area (Å²) in [6.45, 7) is 1.78. The average molecular weight is 345 g/mol. The van der Waals surface area contributed by atoms with Gasteiger partial charge in [-0.25, -0.2) is 0 Å². The second-order valence-electron chi connectivity index (χ2n) is 5.40. The molecule has 6 nitrogen and oxygen atoms in total. The van der Waals surface area contributed by atoms with E-state index < -0.39 is 6.10 Å². The fourth-order valence-electron chi connectivity index (χ4n) is 2.26. The zero-order valence-electron chi connectivity index (χ0n) is 14.6. The van der Waals surface area contributed by atoms with Crippen molar-refractivity contribution < 1.29 is 24.1 Å². The van der Waals surface area contributed by atoms with Gasteiger partial charge in [0.25, 0.3) is 5.91 Å². The molecule has 2 rings (SSSR count). The molecule has 2 aromatic rings. The molecule has 2 N–H and O–H groups in total. The number of aliphatic hydroxyl groups excluding tert-OH is 1. The van der Waals surface area contributed by atoms with Crippen molar-refractivity contribution in [1.82, 2.24) is 0 Å². The predicted octanol–water partition coefficient (Wildman–Crippen LogP) is 3.16. The monoisotopic (exact) mass is 345 g/mol. The molecule has 0 saturated carbocycles. The summed E-state index contributed by atoms with van der Waals surface area (Å²) in [5, 5.41) is 12.5. The number of rotatable bonds is 8. The number of hydrogen-bond acceptors (Lipinski definition) is 5. The molecule has 0 heterocycles. The molecule has 0 spiro atoms. The van der Waals surface area contributed by atoms with Crippen LogP contribution in [0.25, 0.3) is 0 Å². The van der Waals surface area contributed by atoms with Gasteiger partial charge >= 0.3 is 0 Å². The first-order valence-corrected chi connectivity index (χ1v) is 8.00. The van der Waals surface area contributed by atoms with Gasteiger partial charge < -0.3 is 24.6 Å². The van der Waals surface area contributed by atoms with Gasteiger partial charge in [-0.3, -0.25) is 4.79 Å². The minimum absolute atomic E-state index is 0.134. The molecule has 0 radical (unpaired) electrons. The van der Waals surface area contributed by atoms with E-state index in [1.807, 2.05) is 6.92 Å². The van der Waals surface area contributed by atoms with Crippen LogP contribution in [0.4, 0.5) is 5.69 Å². The Labute approximate surface area is 147 Å². The first-order valence-electron chi connectivity index (χ1n) is 8.00. The minimum atomic E-state index is -0.486. The maximum Gasteiger partial charge on any atom is 0.262 e. The van der Waals surface area contributed by atoms with Gasteiger partial charge in [-0.1, -0.05) is 19.1 Å². The van der Waals surface area contributed by atoms with E-state index in [-0.39, 0.29) is 12.5 Å². The Morgan fingerprint density at radius 2 is 1.76 bits per heavy atom. The number of nitrogens with one attached hydrogen (secondary N) is 1. The summed E-state index contributed by atoms with van der Waals surface area (Å²) in [4.78, 5) is 12.1. The van der Waals surface area contributed by atoms with Crippen molar-refractivity contribution in [3.8, 4) is 17.2 Å². The maximum atomic E-state index is 12.1. The molecule has 134 valence electrons. The summed E-state index contributed by atoms with van der Waals surface area (Å²) in [6, 6.07) is 12.2. The molecule has 1 amide bonds. The molecule has 1 atom stereocenters. The molecule has 0 unspecified atom stereocenters. The second-order valence-corrected chi connectivity index (χ2v) is 5.40. The maximum absolute atomic E-state index is 12.1. The van der Waals surface area contributed by atoms with Crippen LogP contribution in [0, 0.1) is 0 Å². The van der Waals surface area contributed by atoms with E-state index >= 15 is 0 Å². The lowest BCUT2D eigenvalue weighted by molar-refractivity contribution is -0.118. The molecule has 0 aliphatic rings. The lowest BCUT2D eigenvalue weighted by Crippen LogP contribution is -2.20. The first-order chi connectivity index (χ1) is 12.1. The van der Waals surface area contributed by atoms with Crippen molar-refractivity contribution in [3.63, 3.8) is 0 Å². The normalized spacial score (nSPS) is 11.5. The highest BCUT2D eigenvalue weighted by atomic mass is 16.5. The predicted molar refractivity (Wildman–Crippen MR) is 95.4 cm³/mol. The summed E-state index contributed by atoms with van der Waals surface area (Å²) in [7, 11) is 3.08. The van der Waals surface area contributed by atoms with Gasteiger partial charge in [0.1, 0.15) is 17.2 Å². The van der Waals surface area contributed by atoms with Crippen molar-refractivity contribution in [2.75, 3.05) is 26.1 Å². The Morgan fingerprint density at radius 3 is 2.36 bits per heavy atom. The quantitative estimate of drug-likeness (QED) is 0.768. The van der Waals surface area contributed by atoms with Crippen LogP contribution in [0.2, 0.25) is 0 Å². The number of methoxy groups -OCH3 is 2. The summed E-state index contributed by atoms with van der Waals surface area (Å²) < 4.78 is 15.8. The number of carbonyl (C=O) groups excluding carboxylic acids is 1. The third-order valence-electron chi connectivity index (χ3n) is 3.70. The van der Waals surface area contributed by atoms with Crippen LogP contribution in [0.5, 0.6) is 17.2 Å². The molecule has 0 aliphatic carbocycles. The van der Waals surface area contributed by atoms with E-state index in [4.69, 9.17) is 14.2 Å². The highest BCUT2D eigenvalue weighted by Crippen LogP contribution is 2.29. The molecule has 25 heavy (non-hydrogen) atoms. The van der Waals surface area contributed by atoms with Gasteiger partial charge in [0.15, 0.2) is 6.61 Å². The number of amides is 1. The molecular formula is C19H23NO5. The summed E-state index contributed by atoms with van der Waals surface area (Å²) in [5.41, 5.74) is 1.36. The van der Waals surface area contributed by atoms with E-state index in [9.17, 15) is 9.90 Å². The Hall–Kier alpha value is -2.73. The van der Waals surface area contributed by atoms with Crippen molar-refractivity contribution in [3.05, 3.63) is 48.0 Å². The Morgan fingerprint density at radius 1 is 1.08 bits per heavy atom. The van der Waals surface area contributed by atoms with Gasteiger partial charge in [0, 0.05) is 6.07 Å². The smallest absolute Gasteiger partial charge is 0.262 e. The minimum Gasteiger partial charge on any atom is -0.497 e. The fourth-order valence-corrected chi connectivity index (χ4v) is 2.26. The summed E-state index contributed by atoms with van der Waals surface area (Å²) in [6.07, 6.45) is 0.159. The van der Waals surface area contributed by atoms with E-state index in [0.717, 1.165) is 5.56 Å². The Bertz CT molecular complexity index is 699. The standard InChI is InChI=1S/C19H23NO5/c1-4-17(21)13-5-7-14(8-6-13)25-12-19(22)20-16-10-9-15(23-2)11-18(16)24-3/h5-11,17,21H,4,12H2,1-3H3,(H,20,22)/t17-/m1/s1. The van der Waals surface area contributed by atoms with Gasteiger partial charge in [0.05, 0.1) is 26.0 Å². The van der Waals surface area contributed by atoms with Crippen LogP contribution in [0.3, 0.4) is 0 Å². The number of ether oxygens (including phenoxy) is 3. The van der Waals surface area contributed by atoms with Crippen LogP contribution >= 0.6 is 0 Å². The topological polar surface area (TPSA) is 77.0 Å². The third kappa shape index (κ3) is 5.12. The van der Waals surface area contributed by atoms with Crippen molar-refractivity contribution in [2.24, 2.45) is 0 Å². The van der Waals surface area contributed by atoms with E-state index in [0.29, 0.717) is 29.4 Å². The van der Waals surface area contributed by atoms with Gasteiger partial charge in [-0.2, -0.15) is 0 Å². The number of hydrogen-bond donors (Lipinski definition) is 2. The van der Waals surface area contributed by atoms with Gasteiger partial charge in [-0.05, 0) is 36.2 Å². The number of benzene rings is 2. The van der Waals surface area contributed by atoms with Crippen LogP contribution in [0.1, 0.15) is 25.0 Å². The summed E-state index contributed by atoms with van der Waals surface area (Å²) in [5.74, 6) is 1.40. The van der Waals surface area contributed by atoms with E-state index in [2.05, 4.69) is 5.32 Å². The van der Waals surface area contributed by atoms with Crippen molar-refractivity contribution in [1.29, 1.82) is 0 Å². The lowest BCUT2D eigenvalue weighted by Gasteiger charge is -2.12. The highest BCUT2D eigenvalue weighted by molar-refractivity contribution is 5.93. The highest BCUT2D eigenvalue weighted by Gasteiger charge is 2.10. The third-order valence-corrected chi connectivity index (χ3v) is 3.70. The first kappa shape index (κ1) is 18.6. The molecular weight excluding hydrogens is 322 g/mol. The fraction of sp³-hybridized carbons (Fsp3) is 0.316. The largest absolute Gasteiger partial charge is 0.497 e. The SMILES string of the molecule is CC[C@@H](O)c1ccc(OCC(=O)Nc2ccc(OC)cc2OC)cc1. The Balaban J connectivity index is 1.92. The lowest BCUT2D eigenvalue weighted by atomic mass is 10.1. The van der Waals surface area contributed by atoms with Crippen LogP contribution in [0.15, 0.2) is 42.5 Å². The molecule has 2 aromatic carbocycles. The molecule has 0 fully saturated rings.